The molecule has 11 heavy (non-hydrogen) atoms. The molecule has 0 saturated carbocycles. The molecule has 0 amide bonds. The number of Topliss-reactive ketones (excluding diaryl/α,β-unsaturated/α-hetero) is 1. The molecule has 1 unspecified atom stereocenters. The minimum atomic E-state index is -2.27. The smallest absolute Gasteiger partial charge is 0.235 e. The first-order valence-electron chi connectivity index (χ1n) is 3.58. The Morgan fingerprint density at radius 1 is 1.64 bits per heavy atom. The van der Waals surface area contributed by atoms with Crippen LogP contribution in [-0.4, -0.2) is 30.8 Å². The van der Waals surface area contributed by atoms with E-state index in [9.17, 15) is 14.0 Å². The van der Waals surface area contributed by atoms with Gasteiger partial charge in [-0.3, -0.25) is 9.59 Å². The van der Waals surface area contributed by atoms with Crippen LogP contribution in [0.4, 0.5) is 4.39 Å². The summed E-state index contributed by atoms with van der Waals surface area (Å²) in [7, 11) is 0. The lowest BCUT2D eigenvalue weighted by Crippen LogP contribution is -2.42. The first-order valence-corrected chi connectivity index (χ1v) is 3.58. The van der Waals surface area contributed by atoms with Gasteiger partial charge in [0.15, 0.2) is 12.1 Å². The van der Waals surface area contributed by atoms with E-state index in [0.717, 1.165) is 0 Å². The zero-order valence-electron chi connectivity index (χ0n) is 6.10. The number of carbonyl (C=O) groups excluding carboxylic acids is 2. The summed E-state index contributed by atoms with van der Waals surface area (Å²) in [5.74, 6) is -0.600. The zero-order chi connectivity index (χ0) is 8.32. The Kier molecular flexibility index (Phi) is 2.34. The molecule has 1 fully saturated rings. The largest absolute Gasteiger partial charge is 0.313 e. The van der Waals surface area contributed by atoms with Crippen molar-refractivity contribution >= 4 is 12.1 Å². The van der Waals surface area contributed by atoms with E-state index in [1.165, 1.54) is 0 Å². The van der Waals surface area contributed by atoms with Crippen LogP contribution in [0.3, 0.4) is 0 Å². The van der Waals surface area contributed by atoms with Crippen molar-refractivity contribution in [2.45, 2.75) is 18.5 Å². The minimum Gasteiger partial charge on any atom is -0.313 e. The molecule has 0 aromatic heterocycles. The highest BCUT2D eigenvalue weighted by Gasteiger charge is 2.38. The third-order valence-electron chi connectivity index (χ3n) is 1.79. The Labute approximate surface area is 64.0 Å². The second kappa shape index (κ2) is 3.09. The Morgan fingerprint density at radius 2 is 2.36 bits per heavy atom. The summed E-state index contributed by atoms with van der Waals surface area (Å²) in [6.07, 6.45) is 0.855. The van der Waals surface area contributed by atoms with E-state index in [0.29, 0.717) is 13.0 Å². The molecule has 0 spiro atoms. The highest BCUT2D eigenvalue weighted by atomic mass is 19.1. The highest BCUT2D eigenvalue weighted by molar-refractivity contribution is 6.01. The molecule has 0 aromatic carbocycles. The van der Waals surface area contributed by atoms with Crippen molar-refractivity contribution in [1.29, 1.82) is 0 Å². The molecule has 62 valence electrons. The van der Waals surface area contributed by atoms with E-state index in [2.05, 4.69) is 5.32 Å². The molecule has 0 radical (unpaired) electrons. The summed E-state index contributed by atoms with van der Waals surface area (Å²) in [6.45, 7) is 0.431. The molecule has 1 rings (SSSR count). The predicted molar refractivity (Wildman–Crippen MR) is 37.0 cm³/mol. The Hall–Kier alpha value is -0.770. The van der Waals surface area contributed by atoms with Crippen molar-refractivity contribution in [3.63, 3.8) is 0 Å². The zero-order valence-corrected chi connectivity index (χ0v) is 6.10. The van der Waals surface area contributed by atoms with Gasteiger partial charge in [0.25, 0.3) is 0 Å². The molecule has 0 bridgehead atoms. The lowest BCUT2D eigenvalue weighted by atomic mass is 10.0. The van der Waals surface area contributed by atoms with Crippen LogP contribution in [0.25, 0.3) is 0 Å². The topological polar surface area (TPSA) is 46.2 Å². The van der Waals surface area contributed by atoms with Crippen molar-refractivity contribution in [2.75, 3.05) is 13.1 Å². The van der Waals surface area contributed by atoms with Crippen LogP contribution in [0.5, 0.6) is 0 Å². The third kappa shape index (κ3) is 1.63. The molecule has 0 aromatic rings. The van der Waals surface area contributed by atoms with Gasteiger partial charge in [0.05, 0.1) is 0 Å². The van der Waals surface area contributed by atoms with Crippen molar-refractivity contribution in [3.8, 4) is 0 Å². The van der Waals surface area contributed by atoms with Crippen LogP contribution in [0.15, 0.2) is 0 Å². The molecule has 1 N–H and O–H groups in total. The fourth-order valence-corrected chi connectivity index (χ4v) is 1.06. The standard InChI is InChI=1S/C7H10FNO2/c8-7(5-10)4-9-3-1-2-6(7)11/h5,9H,1-4H2. The average Bonchev–Trinajstić information content (AvgIpc) is 2.16. The number of aldehydes is 1. The maximum atomic E-state index is 13.2. The fourth-order valence-electron chi connectivity index (χ4n) is 1.06. The van der Waals surface area contributed by atoms with Gasteiger partial charge in [-0.2, -0.15) is 0 Å². The summed E-state index contributed by atoms with van der Waals surface area (Å²) in [5, 5.41) is 2.69. The third-order valence-corrected chi connectivity index (χ3v) is 1.79. The molecule has 1 aliphatic rings. The van der Waals surface area contributed by atoms with E-state index in [1.54, 1.807) is 0 Å². The maximum Gasteiger partial charge on any atom is 0.235 e. The Balaban J connectivity index is 2.73. The molecule has 0 aliphatic carbocycles. The van der Waals surface area contributed by atoms with Crippen LogP contribution in [0.2, 0.25) is 0 Å². The van der Waals surface area contributed by atoms with Gasteiger partial charge < -0.3 is 5.32 Å². The van der Waals surface area contributed by atoms with Gasteiger partial charge in [0.2, 0.25) is 5.67 Å². The van der Waals surface area contributed by atoms with Gasteiger partial charge >= 0.3 is 0 Å². The van der Waals surface area contributed by atoms with Gasteiger partial charge in [0, 0.05) is 13.0 Å². The lowest BCUT2D eigenvalue weighted by Gasteiger charge is -2.13. The van der Waals surface area contributed by atoms with Crippen molar-refractivity contribution in [2.24, 2.45) is 0 Å². The van der Waals surface area contributed by atoms with E-state index in [4.69, 9.17) is 0 Å². The number of ketones is 1. The number of hydrogen-bond donors (Lipinski definition) is 1. The van der Waals surface area contributed by atoms with E-state index in [-0.39, 0.29) is 19.3 Å². The van der Waals surface area contributed by atoms with E-state index < -0.39 is 11.5 Å². The molecule has 1 heterocycles. The average molecular weight is 159 g/mol. The number of alkyl halides is 1. The molecule has 1 aliphatic heterocycles. The summed E-state index contributed by atoms with van der Waals surface area (Å²) in [4.78, 5) is 21.1. The fraction of sp³-hybridized carbons (Fsp3) is 0.714. The lowest BCUT2D eigenvalue weighted by molar-refractivity contribution is -0.135. The Morgan fingerprint density at radius 3 is 3.00 bits per heavy atom. The van der Waals surface area contributed by atoms with Crippen LogP contribution in [0, 0.1) is 0 Å². The summed E-state index contributed by atoms with van der Waals surface area (Å²) < 4.78 is 13.2. The summed E-state index contributed by atoms with van der Waals surface area (Å²) in [6, 6.07) is 0. The maximum absolute atomic E-state index is 13.2. The van der Waals surface area contributed by atoms with E-state index >= 15 is 0 Å². The predicted octanol–water partition coefficient (Wildman–Crippen LogP) is -0.154. The van der Waals surface area contributed by atoms with Crippen LogP contribution in [-0.2, 0) is 9.59 Å². The molecular formula is C7H10FNO2. The highest BCUT2D eigenvalue weighted by Crippen LogP contribution is 2.14. The molecular weight excluding hydrogens is 149 g/mol. The van der Waals surface area contributed by atoms with Gasteiger partial charge in [-0.1, -0.05) is 0 Å². The number of carbonyl (C=O) groups is 2. The van der Waals surface area contributed by atoms with Gasteiger partial charge in [0.1, 0.15) is 0 Å². The molecule has 1 saturated heterocycles. The van der Waals surface area contributed by atoms with Crippen LogP contribution < -0.4 is 5.32 Å². The number of hydrogen-bond acceptors (Lipinski definition) is 3. The first kappa shape index (κ1) is 8.33. The van der Waals surface area contributed by atoms with Gasteiger partial charge in [-0.25, -0.2) is 4.39 Å². The van der Waals surface area contributed by atoms with Crippen LogP contribution >= 0.6 is 0 Å². The SMILES string of the molecule is O=CC1(F)CNCCCC1=O. The molecule has 4 heteroatoms. The Bertz CT molecular complexity index is 183. The van der Waals surface area contributed by atoms with Gasteiger partial charge in [-0.05, 0) is 13.0 Å². The summed E-state index contributed by atoms with van der Waals surface area (Å²) in [5.41, 5.74) is -2.27. The summed E-state index contributed by atoms with van der Waals surface area (Å²) >= 11 is 0. The normalized spacial score (nSPS) is 33.0. The van der Waals surface area contributed by atoms with Crippen molar-refractivity contribution in [1.82, 2.24) is 5.32 Å². The molecule has 3 nitrogen and oxygen atoms in total. The second-order valence-electron chi connectivity index (χ2n) is 2.68. The number of halogens is 1. The van der Waals surface area contributed by atoms with E-state index in [1.807, 2.05) is 0 Å². The van der Waals surface area contributed by atoms with Crippen molar-refractivity contribution in [3.05, 3.63) is 0 Å². The number of nitrogens with one attached hydrogen (secondary N) is 1. The first-order chi connectivity index (χ1) is 5.19. The van der Waals surface area contributed by atoms with Crippen molar-refractivity contribution < 1.29 is 14.0 Å². The number of rotatable bonds is 1. The second-order valence-corrected chi connectivity index (χ2v) is 2.68. The van der Waals surface area contributed by atoms with Crippen LogP contribution in [0.1, 0.15) is 12.8 Å². The minimum absolute atomic E-state index is 0.0909. The quantitative estimate of drug-likeness (QED) is 0.427. The molecule has 1 atom stereocenters. The monoisotopic (exact) mass is 159 g/mol. The van der Waals surface area contributed by atoms with Gasteiger partial charge in [-0.15, -0.1) is 0 Å².